The SMILES string of the molecule is Cc1cc(C(=O)NC(C)(C)CCN)co1. The Bertz CT molecular complexity index is 342. The lowest BCUT2D eigenvalue weighted by molar-refractivity contribution is 0.0910. The zero-order chi connectivity index (χ0) is 11.5. The molecule has 1 rings (SSSR count). The number of furan rings is 1. The van der Waals surface area contributed by atoms with E-state index in [2.05, 4.69) is 5.32 Å². The zero-order valence-electron chi connectivity index (χ0n) is 9.46. The van der Waals surface area contributed by atoms with Crippen molar-refractivity contribution in [3.05, 3.63) is 23.7 Å². The molecule has 0 saturated heterocycles. The van der Waals surface area contributed by atoms with Crippen molar-refractivity contribution in [3.8, 4) is 0 Å². The van der Waals surface area contributed by atoms with Crippen molar-refractivity contribution in [2.75, 3.05) is 6.54 Å². The molecule has 0 atom stereocenters. The number of hydrogen-bond acceptors (Lipinski definition) is 3. The molecular weight excluding hydrogens is 192 g/mol. The van der Waals surface area contributed by atoms with Crippen LogP contribution in [0.1, 0.15) is 36.4 Å². The van der Waals surface area contributed by atoms with E-state index in [4.69, 9.17) is 10.2 Å². The smallest absolute Gasteiger partial charge is 0.254 e. The number of nitrogens with two attached hydrogens (primary N) is 1. The largest absolute Gasteiger partial charge is 0.469 e. The maximum atomic E-state index is 11.7. The molecule has 0 aliphatic carbocycles. The average Bonchev–Trinajstić information content (AvgIpc) is 2.50. The van der Waals surface area contributed by atoms with Crippen LogP contribution in [0.25, 0.3) is 0 Å². The van der Waals surface area contributed by atoms with Crippen molar-refractivity contribution in [3.63, 3.8) is 0 Å². The standard InChI is InChI=1S/C11H18N2O2/c1-8-6-9(7-15-8)10(14)13-11(2,3)4-5-12/h6-7H,4-5,12H2,1-3H3,(H,13,14). The molecule has 1 amide bonds. The molecule has 0 aliphatic heterocycles. The lowest BCUT2D eigenvalue weighted by Gasteiger charge is -2.25. The van der Waals surface area contributed by atoms with Gasteiger partial charge in [-0.2, -0.15) is 0 Å². The van der Waals surface area contributed by atoms with E-state index in [0.717, 1.165) is 12.2 Å². The van der Waals surface area contributed by atoms with Crippen LogP contribution in [0.5, 0.6) is 0 Å². The average molecular weight is 210 g/mol. The van der Waals surface area contributed by atoms with Gasteiger partial charge in [-0.15, -0.1) is 0 Å². The molecule has 1 aromatic rings. The van der Waals surface area contributed by atoms with Gasteiger partial charge < -0.3 is 15.5 Å². The molecular formula is C11H18N2O2. The summed E-state index contributed by atoms with van der Waals surface area (Å²) in [6.07, 6.45) is 2.21. The maximum absolute atomic E-state index is 11.7. The summed E-state index contributed by atoms with van der Waals surface area (Å²) in [4.78, 5) is 11.7. The highest BCUT2D eigenvalue weighted by Gasteiger charge is 2.20. The predicted octanol–water partition coefficient (Wildman–Crippen LogP) is 1.45. The fraction of sp³-hybridized carbons (Fsp3) is 0.545. The molecule has 1 heterocycles. The Balaban J connectivity index is 2.63. The Labute approximate surface area is 89.8 Å². The second kappa shape index (κ2) is 4.49. The van der Waals surface area contributed by atoms with Gasteiger partial charge >= 0.3 is 0 Å². The normalized spacial score (nSPS) is 11.5. The topological polar surface area (TPSA) is 68.3 Å². The summed E-state index contributed by atoms with van der Waals surface area (Å²) < 4.78 is 5.07. The van der Waals surface area contributed by atoms with Crippen LogP contribution in [-0.2, 0) is 0 Å². The van der Waals surface area contributed by atoms with Crippen molar-refractivity contribution >= 4 is 5.91 Å². The predicted molar refractivity (Wildman–Crippen MR) is 58.7 cm³/mol. The third-order valence-corrected chi connectivity index (χ3v) is 2.21. The Kier molecular flexibility index (Phi) is 3.52. The van der Waals surface area contributed by atoms with E-state index in [1.165, 1.54) is 6.26 Å². The van der Waals surface area contributed by atoms with Crippen LogP contribution in [0.15, 0.2) is 16.7 Å². The monoisotopic (exact) mass is 210 g/mol. The van der Waals surface area contributed by atoms with Crippen molar-refractivity contribution in [1.82, 2.24) is 5.32 Å². The first-order chi connectivity index (χ1) is 6.94. The van der Waals surface area contributed by atoms with Gasteiger partial charge in [0.15, 0.2) is 0 Å². The van der Waals surface area contributed by atoms with Crippen LogP contribution >= 0.6 is 0 Å². The van der Waals surface area contributed by atoms with Gasteiger partial charge in [0.25, 0.3) is 5.91 Å². The fourth-order valence-electron chi connectivity index (χ4n) is 1.37. The van der Waals surface area contributed by atoms with Gasteiger partial charge in [-0.1, -0.05) is 0 Å². The maximum Gasteiger partial charge on any atom is 0.254 e. The lowest BCUT2D eigenvalue weighted by atomic mass is 10.0. The molecule has 3 N–H and O–H groups in total. The molecule has 0 unspecified atom stereocenters. The number of carbonyl (C=O) groups is 1. The van der Waals surface area contributed by atoms with Crippen LogP contribution in [-0.4, -0.2) is 18.0 Å². The summed E-state index contributed by atoms with van der Waals surface area (Å²) in [5, 5.41) is 2.91. The Morgan fingerprint density at radius 1 is 1.60 bits per heavy atom. The number of nitrogens with one attached hydrogen (secondary N) is 1. The molecule has 4 nitrogen and oxygen atoms in total. The first-order valence-electron chi connectivity index (χ1n) is 5.02. The Morgan fingerprint density at radius 2 is 2.27 bits per heavy atom. The van der Waals surface area contributed by atoms with Crippen LogP contribution < -0.4 is 11.1 Å². The number of rotatable bonds is 4. The molecule has 4 heteroatoms. The molecule has 0 saturated carbocycles. The van der Waals surface area contributed by atoms with E-state index >= 15 is 0 Å². The lowest BCUT2D eigenvalue weighted by Crippen LogP contribution is -2.44. The highest BCUT2D eigenvalue weighted by Crippen LogP contribution is 2.11. The third kappa shape index (κ3) is 3.40. The van der Waals surface area contributed by atoms with Crippen LogP contribution in [0, 0.1) is 6.92 Å². The minimum atomic E-state index is -0.281. The molecule has 0 fully saturated rings. The van der Waals surface area contributed by atoms with Gasteiger partial charge in [0.05, 0.1) is 5.56 Å². The van der Waals surface area contributed by atoms with Gasteiger partial charge in [-0.3, -0.25) is 4.79 Å². The van der Waals surface area contributed by atoms with E-state index in [-0.39, 0.29) is 11.4 Å². The van der Waals surface area contributed by atoms with E-state index in [0.29, 0.717) is 12.1 Å². The quantitative estimate of drug-likeness (QED) is 0.790. The van der Waals surface area contributed by atoms with E-state index < -0.39 is 0 Å². The van der Waals surface area contributed by atoms with E-state index in [9.17, 15) is 4.79 Å². The second-order valence-corrected chi connectivity index (χ2v) is 4.32. The number of amides is 1. The zero-order valence-corrected chi connectivity index (χ0v) is 9.46. The first-order valence-corrected chi connectivity index (χ1v) is 5.02. The molecule has 1 aromatic heterocycles. The van der Waals surface area contributed by atoms with Gasteiger partial charge in [-0.05, 0) is 39.8 Å². The molecule has 0 bridgehead atoms. The van der Waals surface area contributed by atoms with Gasteiger partial charge in [-0.25, -0.2) is 0 Å². The summed E-state index contributed by atoms with van der Waals surface area (Å²) in [6.45, 7) is 6.26. The molecule has 15 heavy (non-hydrogen) atoms. The Hall–Kier alpha value is -1.29. The van der Waals surface area contributed by atoms with Crippen molar-refractivity contribution in [2.24, 2.45) is 5.73 Å². The van der Waals surface area contributed by atoms with Crippen molar-refractivity contribution in [2.45, 2.75) is 32.7 Å². The van der Waals surface area contributed by atoms with Crippen molar-refractivity contribution in [1.29, 1.82) is 0 Å². The van der Waals surface area contributed by atoms with Crippen LogP contribution in [0.3, 0.4) is 0 Å². The van der Waals surface area contributed by atoms with E-state index in [1.807, 2.05) is 20.8 Å². The highest BCUT2D eigenvalue weighted by atomic mass is 16.3. The first kappa shape index (κ1) is 11.8. The number of carbonyl (C=O) groups excluding carboxylic acids is 1. The number of hydrogen-bond donors (Lipinski definition) is 2. The summed E-state index contributed by atoms with van der Waals surface area (Å²) in [5.41, 5.74) is 5.74. The Morgan fingerprint density at radius 3 is 2.73 bits per heavy atom. The van der Waals surface area contributed by atoms with Gasteiger partial charge in [0, 0.05) is 5.54 Å². The second-order valence-electron chi connectivity index (χ2n) is 4.32. The van der Waals surface area contributed by atoms with E-state index in [1.54, 1.807) is 6.07 Å². The van der Waals surface area contributed by atoms with Crippen molar-refractivity contribution < 1.29 is 9.21 Å². The van der Waals surface area contributed by atoms with Gasteiger partial charge in [0.2, 0.25) is 0 Å². The summed E-state index contributed by atoms with van der Waals surface area (Å²) in [6, 6.07) is 1.72. The minimum Gasteiger partial charge on any atom is -0.469 e. The fourth-order valence-corrected chi connectivity index (χ4v) is 1.37. The molecule has 0 aromatic carbocycles. The minimum absolute atomic E-state index is 0.120. The highest BCUT2D eigenvalue weighted by molar-refractivity contribution is 5.94. The molecule has 84 valence electrons. The van der Waals surface area contributed by atoms with Crippen LogP contribution in [0.2, 0.25) is 0 Å². The number of aryl methyl sites for hydroxylation is 1. The summed E-state index contributed by atoms with van der Waals surface area (Å²) >= 11 is 0. The molecule has 0 radical (unpaired) electrons. The molecule has 0 spiro atoms. The summed E-state index contributed by atoms with van der Waals surface area (Å²) in [7, 11) is 0. The summed E-state index contributed by atoms with van der Waals surface area (Å²) in [5.74, 6) is 0.613. The molecule has 0 aliphatic rings. The van der Waals surface area contributed by atoms with Gasteiger partial charge in [0.1, 0.15) is 12.0 Å². The third-order valence-electron chi connectivity index (χ3n) is 2.21. The van der Waals surface area contributed by atoms with Crippen LogP contribution in [0.4, 0.5) is 0 Å².